The molecule has 1 fully saturated rings. The molecule has 3 nitrogen and oxygen atoms in total. The molecule has 15 heavy (non-hydrogen) atoms. The Labute approximate surface area is 87.9 Å². The smallest absolute Gasteiger partial charge is 0.190 e. The molecule has 4 heteroatoms. The summed E-state index contributed by atoms with van der Waals surface area (Å²) in [5.41, 5.74) is 0.898. The van der Waals surface area contributed by atoms with Gasteiger partial charge in [0.15, 0.2) is 5.69 Å². The normalized spacial score (nSPS) is 16.1. The molecule has 1 aromatic rings. The Balaban J connectivity index is 2.24. The minimum Gasteiger partial charge on any atom is -0.378 e. The van der Waals surface area contributed by atoms with E-state index in [1.165, 1.54) is 6.07 Å². The van der Waals surface area contributed by atoms with E-state index in [-0.39, 0.29) is 5.82 Å². The minimum atomic E-state index is -0.328. The number of benzene rings is 1. The fraction of sp³-hybridized carbons (Fsp3) is 0.364. The quantitative estimate of drug-likeness (QED) is 0.655. The summed E-state index contributed by atoms with van der Waals surface area (Å²) in [7, 11) is 0. The van der Waals surface area contributed by atoms with Crippen LogP contribution in [-0.4, -0.2) is 26.3 Å². The SMILES string of the molecule is [C-]#[N+]c1ccc(N2CCOCC2)c(F)c1. The molecule has 1 aliphatic heterocycles. The number of morpholine rings is 1. The third-order valence-corrected chi connectivity index (χ3v) is 2.41. The first-order chi connectivity index (χ1) is 7.31. The van der Waals surface area contributed by atoms with E-state index in [2.05, 4.69) is 4.85 Å². The van der Waals surface area contributed by atoms with E-state index in [9.17, 15) is 4.39 Å². The van der Waals surface area contributed by atoms with Crippen molar-refractivity contribution in [3.05, 3.63) is 35.4 Å². The number of nitrogens with zero attached hydrogens (tertiary/aromatic N) is 2. The molecule has 78 valence electrons. The van der Waals surface area contributed by atoms with Crippen molar-refractivity contribution in [2.45, 2.75) is 0 Å². The molecule has 0 N–H and O–H groups in total. The highest BCUT2D eigenvalue weighted by molar-refractivity contribution is 5.56. The van der Waals surface area contributed by atoms with Crippen LogP contribution in [0, 0.1) is 12.4 Å². The van der Waals surface area contributed by atoms with Crippen molar-refractivity contribution in [3.63, 3.8) is 0 Å². The first-order valence-corrected chi connectivity index (χ1v) is 4.81. The summed E-state index contributed by atoms with van der Waals surface area (Å²) in [4.78, 5) is 5.12. The highest BCUT2D eigenvalue weighted by Crippen LogP contribution is 2.24. The molecule has 1 aromatic carbocycles. The number of anilines is 1. The Kier molecular flexibility index (Phi) is 2.84. The van der Waals surface area contributed by atoms with Crippen LogP contribution in [0.5, 0.6) is 0 Å². The monoisotopic (exact) mass is 206 g/mol. The van der Waals surface area contributed by atoms with Gasteiger partial charge in [0, 0.05) is 13.1 Å². The second-order valence-corrected chi connectivity index (χ2v) is 3.35. The fourth-order valence-electron chi connectivity index (χ4n) is 1.63. The average Bonchev–Trinajstić information content (AvgIpc) is 2.30. The van der Waals surface area contributed by atoms with Gasteiger partial charge < -0.3 is 9.64 Å². The van der Waals surface area contributed by atoms with E-state index >= 15 is 0 Å². The van der Waals surface area contributed by atoms with E-state index < -0.39 is 0 Å². The number of halogens is 1. The van der Waals surface area contributed by atoms with Crippen LogP contribution in [0.25, 0.3) is 4.85 Å². The van der Waals surface area contributed by atoms with Crippen molar-refractivity contribution in [2.75, 3.05) is 31.2 Å². The molecular formula is C11H11FN2O. The first kappa shape index (κ1) is 9.94. The molecule has 0 atom stereocenters. The Bertz CT molecular complexity index is 394. The summed E-state index contributed by atoms with van der Waals surface area (Å²) in [6.07, 6.45) is 0. The van der Waals surface area contributed by atoms with Crippen LogP contribution in [-0.2, 0) is 4.74 Å². The maximum atomic E-state index is 13.6. The maximum absolute atomic E-state index is 13.6. The molecule has 2 rings (SSSR count). The summed E-state index contributed by atoms with van der Waals surface area (Å²) >= 11 is 0. The summed E-state index contributed by atoms with van der Waals surface area (Å²) in [6.45, 7) is 9.44. The van der Waals surface area contributed by atoms with E-state index in [1.807, 2.05) is 4.90 Å². The van der Waals surface area contributed by atoms with E-state index in [1.54, 1.807) is 12.1 Å². The Hall–Kier alpha value is -1.60. The topological polar surface area (TPSA) is 16.8 Å². The minimum absolute atomic E-state index is 0.328. The van der Waals surface area contributed by atoms with Crippen molar-refractivity contribution in [1.29, 1.82) is 0 Å². The van der Waals surface area contributed by atoms with Crippen LogP contribution in [0.2, 0.25) is 0 Å². The summed E-state index contributed by atoms with van der Waals surface area (Å²) in [6, 6.07) is 4.58. The third-order valence-electron chi connectivity index (χ3n) is 2.41. The van der Waals surface area contributed by atoms with Crippen LogP contribution in [0.15, 0.2) is 18.2 Å². The summed E-state index contributed by atoms with van der Waals surface area (Å²) in [5.74, 6) is -0.328. The maximum Gasteiger partial charge on any atom is 0.190 e. The lowest BCUT2D eigenvalue weighted by atomic mass is 10.2. The zero-order valence-corrected chi connectivity index (χ0v) is 8.24. The standard InChI is InChI=1S/C11H11FN2O/c1-13-9-2-3-11(10(12)8-9)14-4-6-15-7-5-14/h2-3,8H,4-7H2. The molecule has 1 saturated heterocycles. The summed E-state index contributed by atoms with van der Waals surface area (Å²) in [5, 5.41) is 0. The summed E-state index contributed by atoms with van der Waals surface area (Å²) < 4.78 is 18.8. The van der Waals surface area contributed by atoms with Crippen molar-refractivity contribution in [3.8, 4) is 0 Å². The molecule has 0 spiro atoms. The van der Waals surface area contributed by atoms with Gasteiger partial charge in [-0.3, -0.25) is 0 Å². The van der Waals surface area contributed by atoms with Gasteiger partial charge in [0.1, 0.15) is 5.82 Å². The Morgan fingerprint density at radius 1 is 1.33 bits per heavy atom. The first-order valence-electron chi connectivity index (χ1n) is 4.81. The molecule has 0 bridgehead atoms. The van der Waals surface area contributed by atoms with Gasteiger partial charge in [0.05, 0.1) is 25.5 Å². The van der Waals surface area contributed by atoms with Gasteiger partial charge in [-0.15, -0.1) is 0 Å². The lowest BCUT2D eigenvalue weighted by Gasteiger charge is -2.29. The van der Waals surface area contributed by atoms with Gasteiger partial charge in [0.25, 0.3) is 0 Å². The van der Waals surface area contributed by atoms with Crippen molar-refractivity contribution >= 4 is 11.4 Å². The van der Waals surface area contributed by atoms with Crippen LogP contribution in [0.4, 0.5) is 15.8 Å². The fourth-order valence-corrected chi connectivity index (χ4v) is 1.63. The number of hydrogen-bond donors (Lipinski definition) is 0. The lowest BCUT2D eigenvalue weighted by molar-refractivity contribution is 0.122. The molecule has 0 unspecified atom stereocenters. The molecule has 0 aromatic heterocycles. The number of ether oxygens (including phenoxy) is 1. The Morgan fingerprint density at radius 2 is 2.07 bits per heavy atom. The van der Waals surface area contributed by atoms with Crippen LogP contribution < -0.4 is 4.90 Å². The van der Waals surface area contributed by atoms with Crippen molar-refractivity contribution in [2.24, 2.45) is 0 Å². The van der Waals surface area contributed by atoms with Crippen LogP contribution in [0.3, 0.4) is 0 Å². The second kappa shape index (κ2) is 4.28. The number of rotatable bonds is 1. The van der Waals surface area contributed by atoms with Crippen LogP contribution in [0.1, 0.15) is 0 Å². The zero-order chi connectivity index (χ0) is 10.7. The molecule has 0 saturated carbocycles. The highest BCUT2D eigenvalue weighted by atomic mass is 19.1. The zero-order valence-electron chi connectivity index (χ0n) is 8.24. The molecule has 0 amide bonds. The van der Waals surface area contributed by atoms with E-state index in [0.717, 1.165) is 0 Å². The van der Waals surface area contributed by atoms with Gasteiger partial charge in [0.2, 0.25) is 0 Å². The molecule has 1 aliphatic rings. The van der Waals surface area contributed by atoms with Crippen molar-refractivity contribution in [1.82, 2.24) is 0 Å². The number of hydrogen-bond acceptors (Lipinski definition) is 2. The predicted molar refractivity (Wildman–Crippen MR) is 55.7 cm³/mol. The Morgan fingerprint density at radius 3 is 2.67 bits per heavy atom. The predicted octanol–water partition coefficient (Wildman–Crippen LogP) is 2.21. The average molecular weight is 206 g/mol. The molecule has 1 heterocycles. The largest absolute Gasteiger partial charge is 0.378 e. The van der Waals surface area contributed by atoms with E-state index in [0.29, 0.717) is 37.7 Å². The lowest BCUT2D eigenvalue weighted by Crippen LogP contribution is -2.36. The molecule has 0 aliphatic carbocycles. The van der Waals surface area contributed by atoms with Gasteiger partial charge in [-0.2, -0.15) is 0 Å². The molecule has 0 radical (unpaired) electrons. The van der Waals surface area contributed by atoms with Gasteiger partial charge in [-0.25, -0.2) is 9.24 Å². The van der Waals surface area contributed by atoms with Crippen molar-refractivity contribution < 1.29 is 9.13 Å². The second-order valence-electron chi connectivity index (χ2n) is 3.35. The van der Waals surface area contributed by atoms with Gasteiger partial charge in [-0.05, 0) is 12.1 Å². The van der Waals surface area contributed by atoms with Gasteiger partial charge >= 0.3 is 0 Å². The van der Waals surface area contributed by atoms with E-state index in [4.69, 9.17) is 11.3 Å². The third kappa shape index (κ3) is 2.08. The van der Waals surface area contributed by atoms with Gasteiger partial charge in [-0.1, -0.05) is 6.07 Å². The highest BCUT2D eigenvalue weighted by Gasteiger charge is 2.14. The molecular weight excluding hydrogens is 195 g/mol. The van der Waals surface area contributed by atoms with Crippen LogP contribution >= 0.6 is 0 Å².